The van der Waals surface area contributed by atoms with Crippen LogP contribution in [0.25, 0.3) is 10.9 Å². The number of fused-ring (bicyclic) bond motifs is 1. The highest BCUT2D eigenvalue weighted by molar-refractivity contribution is 9.10. The maximum atomic E-state index is 6.28. The SMILES string of the molecule is CCCc1cc(NC)c2cc(Br)c(Cl)c(Cl)c2n1. The van der Waals surface area contributed by atoms with Crippen molar-refractivity contribution in [2.45, 2.75) is 19.8 Å². The summed E-state index contributed by atoms with van der Waals surface area (Å²) in [7, 11) is 1.89. The highest BCUT2D eigenvalue weighted by Gasteiger charge is 2.13. The Hall–Kier alpha value is -0.510. The standard InChI is InChI=1S/C13H13BrCl2N2/c1-3-4-7-5-10(17-2)8-6-9(14)11(15)12(16)13(8)18-7/h5-6H,3-4H2,1-2H3,(H,17,18). The van der Waals surface area contributed by atoms with E-state index in [1.807, 2.05) is 13.1 Å². The molecule has 1 aromatic heterocycles. The monoisotopic (exact) mass is 346 g/mol. The Morgan fingerprint density at radius 3 is 2.61 bits per heavy atom. The third kappa shape index (κ3) is 2.44. The number of benzene rings is 1. The summed E-state index contributed by atoms with van der Waals surface area (Å²) in [6, 6.07) is 4.00. The Bertz CT molecular complexity index is 599. The molecule has 0 unspecified atom stereocenters. The van der Waals surface area contributed by atoms with Crippen molar-refractivity contribution in [1.82, 2.24) is 4.98 Å². The summed E-state index contributed by atoms with van der Waals surface area (Å²) >= 11 is 15.8. The van der Waals surface area contributed by atoms with Crippen molar-refractivity contribution in [2.75, 3.05) is 12.4 Å². The maximum Gasteiger partial charge on any atom is 0.0928 e. The number of aryl methyl sites for hydroxylation is 1. The van der Waals surface area contributed by atoms with Crippen LogP contribution >= 0.6 is 39.1 Å². The number of pyridine rings is 1. The van der Waals surface area contributed by atoms with E-state index in [-0.39, 0.29) is 0 Å². The summed E-state index contributed by atoms with van der Waals surface area (Å²) in [5.41, 5.74) is 2.79. The van der Waals surface area contributed by atoms with Crippen molar-refractivity contribution in [2.24, 2.45) is 0 Å². The molecule has 0 saturated carbocycles. The highest BCUT2D eigenvalue weighted by Crippen LogP contribution is 2.38. The molecule has 2 aromatic rings. The normalized spacial score (nSPS) is 10.9. The first kappa shape index (κ1) is 13.9. The quantitative estimate of drug-likeness (QED) is 0.762. The number of halogens is 3. The molecule has 1 heterocycles. The van der Waals surface area contributed by atoms with Gasteiger partial charge in [0.15, 0.2) is 0 Å². The van der Waals surface area contributed by atoms with Gasteiger partial charge in [0.25, 0.3) is 0 Å². The molecule has 0 saturated heterocycles. The third-order valence-corrected chi connectivity index (χ3v) is 4.48. The zero-order chi connectivity index (χ0) is 13.3. The second kappa shape index (κ2) is 5.64. The molecule has 2 rings (SSSR count). The van der Waals surface area contributed by atoms with Gasteiger partial charge in [-0.2, -0.15) is 0 Å². The number of anilines is 1. The Kier molecular flexibility index (Phi) is 4.36. The van der Waals surface area contributed by atoms with E-state index >= 15 is 0 Å². The van der Waals surface area contributed by atoms with Crippen LogP contribution in [-0.2, 0) is 6.42 Å². The molecule has 0 aliphatic heterocycles. The topological polar surface area (TPSA) is 24.9 Å². The fourth-order valence-electron chi connectivity index (χ4n) is 1.91. The summed E-state index contributed by atoms with van der Waals surface area (Å²) in [5.74, 6) is 0. The van der Waals surface area contributed by atoms with Gasteiger partial charge < -0.3 is 5.32 Å². The molecule has 1 aromatic carbocycles. The minimum absolute atomic E-state index is 0.496. The van der Waals surface area contributed by atoms with Crippen molar-refractivity contribution >= 4 is 55.7 Å². The fraction of sp³-hybridized carbons (Fsp3) is 0.308. The van der Waals surface area contributed by atoms with Crippen LogP contribution in [0, 0.1) is 0 Å². The van der Waals surface area contributed by atoms with Crippen molar-refractivity contribution in [1.29, 1.82) is 0 Å². The number of aromatic nitrogens is 1. The minimum Gasteiger partial charge on any atom is -0.388 e. The third-order valence-electron chi connectivity index (χ3n) is 2.77. The number of rotatable bonds is 3. The van der Waals surface area contributed by atoms with E-state index in [4.69, 9.17) is 23.2 Å². The van der Waals surface area contributed by atoms with Crippen molar-refractivity contribution in [3.8, 4) is 0 Å². The van der Waals surface area contributed by atoms with Crippen molar-refractivity contribution < 1.29 is 0 Å². The number of nitrogens with zero attached hydrogens (tertiary/aromatic N) is 1. The Labute approximate surface area is 125 Å². The predicted octanol–water partition coefficient (Wildman–Crippen LogP) is 5.30. The van der Waals surface area contributed by atoms with Gasteiger partial charge in [0.2, 0.25) is 0 Å². The summed E-state index contributed by atoms with van der Waals surface area (Å²) in [6.45, 7) is 2.13. The van der Waals surface area contributed by atoms with E-state index in [0.29, 0.717) is 10.0 Å². The summed E-state index contributed by atoms with van der Waals surface area (Å²) in [6.07, 6.45) is 1.97. The number of nitrogens with one attached hydrogen (secondary N) is 1. The van der Waals surface area contributed by atoms with Crippen LogP contribution in [0.4, 0.5) is 5.69 Å². The van der Waals surface area contributed by atoms with Crippen molar-refractivity contribution in [3.05, 3.63) is 32.3 Å². The molecule has 0 radical (unpaired) electrons. The van der Waals surface area contributed by atoms with Gasteiger partial charge in [0.1, 0.15) is 0 Å². The van der Waals surface area contributed by atoms with Gasteiger partial charge in [-0.3, -0.25) is 4.98 Å². The van der Waals surface area contributed by atoms with Gasteiger partial charge in [-0.05, 0) is 34.5 Å². The van der Waals surface area contributed by atoms with Crippen LogP contribution < -0.4 is 5.32 Å². The lowest BCUT2D eigenvalue weighted by atomic mass is 10.1. The molecule has 0 fully saturated rings. The highest BCUT2D eigenvalue weighted by atomic mass is 79.9. The van der Waals surface area contributed by atoms with Crippen LogP contribution in [0.1, 0.15) is 19.0 Å². The molecule has 0 aliphatic carbocycles. The average Bonchev–Trinajstić information content (AvgIpc) is 2.37. The predicted molar refractivity (Wildman–Crippen MR) is 83.0 cm³/mol. The Balaban J connectivity index is 2.79. The zero-order valence-corrected chi connectivity index (χ0v) is 13.2. The number of hydrogen-bond donors (Lipinski definition) is 1. The maximum absolute atomic E-state index is 6.28. The molecular weight excluding hydrogens is 335 g/mol. The van der Waals surface area contributed by atoms with Gasteiger partial charge in [-0.25, -0.2) is 0 Å². The summed E-state index contributed by atoms with van der Waals surface area (Å²) in [4.78, 5) is 4.60. The molecule has 5 heteroatoms. The largest absolute Gasteiger partial charge is 0.388 e. The van der Waals surface area contributed by atoms with Crippen LogP contribution in [-0.4, -0.2) is 12.0 Å². The van der Waals surface area contributed by atoms with E-state index in [0.717, 1.165) is 39.6 Å². The second-order valence-electron chi connectivity index (χ2n) is 4.04. The minimum atomic E-state index is 0.496. The van der Waals surface area contributed by atoms with E-state index < -0.39 is 0 Å². The van der Waals surface area contributed by atoms with Crippen LogP contribution in [0.5, 0.6) is 0 Å². The molecular formula is C13H13BrCl2N2. The second-order valence-corrected chi connectivity index (χ2v) is 5.65. The molecule has 18 heavy (non-hydrogen) atoms. The molecule has 2 nitrogen and oxygen atoms in total. The lowest BCUT2D eigenvalue weighted by Gasteiger charge is -2.11. The Morgan fingerprint density at radius 1 is 1.28 bits per heavy atom. The molecule has 0 amide bonds. The molecule has 0 spiro atoms. The van der Waals surface area contributed by atoms with Gasteiger partial charge in [0.05, 0.1) is 15.6 Å². The van der Waals surface area contributed by atoms with E-state index in [1.54, 1.807) is 0 Å². The van der Waals surface area contributed by atoms with Crippen LogP contribution in [0.3, 0.4) is 0 Å². The molecule has 96 valence electrons. The molecule has 0 atom stereocenters. The summed E-state index contributed by atoms with van der Waals surface area (Å²) < 4.78 is 0.781. The molecule has 0 bridgehead atoms. The number of hydrogen-bond acceptors (Lipinski definition) is 2. The zero-order valence-electron chi connectivity index (χ0n) is 10.2. The van der Waals surface area contributed by atoms with Crippen molar-refractivity contribution in [3.63, 3.8) is 0 Å². The molecule has 0 aliphatic rings. The first-order chi connectivity index (χ1) is 8.58. The first-order valence-corrected chi connectivity index (χ1v) is 7.28. The smallest absolute Gasteiger partial charge is 0.0928 e. The van der Waals surface area contributed by atoms with E-state index in [1.165, 1.54) is 0 Å². The molecule has 1 N–H and O–H groups in total. The van der Waals surface area contributed by atoms with Crippen LogP contribution in [0.15, 0.2) is 16.6 Å². The van der Waals surface area contributed by atoms with Gasteiger partial charge in [-0.1, -0.05) is 36.5 Å². The fourth-order valence-corrected chi connectivity index (χ4v) is 2.84. The van der Waals surface area contributed by atoms with Crippen LogP contribution in [0.2, 0.25) is 10.0 Å². The lowest BCUT2D eigenvalue weighted by Crippen LogP contribution is -1.97. The van der Waals surface area contributed by atoms with Gasteiger partial charge >= 0.3 is 0 Å². The Morgan fingerprint density at radius 2 is 2.00 bits per heavy atom. The first-order valence-electron chi connectivity index (χ1n) is 5.73. The van der Waals surface area contributed by atoms with Gasteiger partial charge in [-0.15, -0.1) is 0 Å². The lowest BCUT2D eigenvalue weighted by molar-refractivity contribution is 0.890. The average molecular weight is 348 g/mol. The summed E-state index contributed by atoms with van der Waals surface area (Å²) in [5, 5.41) is 5.15. The van der Waals surface area contributed by atoms with E-state index in [9.17, 15) is 0 Å². The van der Waals surface area contributed by atoms with E-state index in [2.05, 4.69) is 39.2 Å². The van der Waals surface area contributed by atoms with Gasteiger partial charge in [0, 0.05) is 28.3 Å².